The highest BCUT2D eigenvalue weighted by atomic mass is 32.1. The molecule has 6 rings (SSSR count). The minimum atomic E-state index is -4.26. The van der Waals surface area contributed by atoms with E-state index in [9.17, 15) is 23.5 Å². The van der Waals surface area contributed by atoms with E-state index >= 15 is 0 Å². The van der Waals surface area contributed by atoms with Gasteiger partial charge in [-0.2, -0.15) is 18.4 Å². The van der Waals surface area contributed by atoms with E-state index in [1.54, 1.807) is 6.07 Å². The number of nitrogens with zero attached hydrogens (tertiary/aromatic N) is 5. The van der Waals surface area contributed by atoms with Crippen LogP contribution in [-0.2, 0) is 19.5 Å². The van der Waals surface area contributed by atoms with Crippen molar-refractivity contribution in [2.45, 2.75) is 51.0 Å². The Hall–Kier alpha value is -3.88. The summed E-state index contributed by atoms with van der Waals surface area (Å²) in [6, 6.07) is 9.55. The van der Waals surface area contributed by atoms with Crippen LogP contribution >= 0.6 is 11.3 Å². The van der Waals surface area contributed by atoms with Gasteiger partial charge in [0.2, 0.25) is 0 Å². The summed E-state index contributed by atoms with van der Waals surface area (Å²) in [7, 11) is 0. The average Bonchev–Trinajstić information content (AvgIpc) is 3.64. The molecule has 0 spiro atoms. The van der Waals surface area contributed by atoms with E-state index in [0.717, 1.165) is 65.7 Å². The zero-order valence-corrected chi connectivity index (χ0v) is 22.4. The molecule has 0 radical (unpaired) electrons. The first kappa shape index (κ1) is 26.3. The topological polar surface area (TPSA) is 90.0 Å². The predicted octanol–water partition coefficient (Wildman–Crippen LogP) is 6.29. The molecule has 0 amide bonds. The van der Waals surface area contributed by atoms with E-state index in [2.05, 4.69) is 44.5 Å². The molecule has 3 aromatic heterocycles. The highest BCUT2D eigenvalue weighted by molar-refractivity contribution is 7.18. The van der Waals surface area contributed by atoms with Crippen molar-refractivity contribution >= 4 is 38.3 Å². The van der Waals surface area contributed by atoms with Crippen molar-refractivity contribution in [2.24, 2.45) is 0 Å². The first-order valence-corrected chi connectivity index (χ1v) is 14.0. The molecule has 0 saturated carbocycles. The molecular formula is C29H27F3N6OS. The van der Waals surface area contributed by atoms with Crippen LogP contribution in [0, 0.1) is 11.3 Å². The van der Waals surface area contributed by atoms with Gasteiger partial charge < -0.3 is 15.0 Å². The summed E-state index contributed by atoms with van der Waals surface area (Å²) in [4.78, 5) is 11.5. The summed E-state index contributed by atoms with van der Waals surface area (Å²) in [6.07, 6.45) is 5.00. The number of aromatic nitrogens is 3. The Balaban J connectivity index is 1.12. The first-order chi connectivity index (χ1) is 19.3. The minimum Gasteiger partial charge on any atom is -0.508 e. The van der Waals surface area contributed by atoms with Crippen LogP contribution in [0.5, 0.6) is 5.75 Å². The smallest absolute Gasteiger partial charge is 0.393 e. The normalized spacial score (nSPS) is 16.6. The van der Waals surface area contributed by atoms with Crippen LogP contribution in [-0.4, -0.2) is 49.8 Å². The second-order valence-electron chi connectivity index (χ2n) is 10.3. The SMILES string of the molecule is N#Cc1cc2cc(CN3CCC(Nc4ncnc5sc(CC(F)(F)F)cc45)CC3)c(O)cc2n1CC1=CCC=C1. The Labute approximate surface area is 232 Å². The monoisotopic (exact) mass is 564 g/mol. The summed E-state index contributed by atoms with van der Waals surface area (Å²) < 4.78 is 40.5. The molecule has 2 aliphatic rings. The summed E-state index contributed by atoms with van der Waals surface area (Å²) >= 11 is 1.05. The number of piperidine rings is 1. The van der Waals surface area contributed by atoms with Crippen LogP contribution in [0.4, 0.5) is 19.0 Å². The summed E-state index contributed by atoms with van der Waals surface area (Å²) in [6.45, 7) is 2.75. The number of hydrogen-bond acceptors (Lipinski definition) is 7. The fraction of sp³-hybridized carbons (Fsp3) is 0.345. The molecule has 206 valence electrons. The summed E-state index contributed by atoms with van der Waals surface area (Å²) in [5.41, 5.74) is 3.37. The standard InChI is InChI=1S/C29H27F3N6OS/c30-29(31,32)13-23-11-24-27(34-17-35-28(24)40-23)36-21-5-7-37(8-6-21)16-20-9-19-10-22(14-33)38(25(19)12-26(20)39)15-18-3-1-2-4-18/h1,3-4,9-12,17,21,39H,2,5-8,13,15-16H2,(H,34,35,36). The molecule has 1 aromatic carbocycles. The van der Waals surface area contributed by atoms with Crippen LogP contribution in [0.3, 0.4) is 0 Å². The third-order valence-electron chi connectivity index (χ3n) is 7.48. The highest BCUT2D eigenvalue weighted by Gasteiger charge is 2.29. The number of hydrogen-bond donors (Lipinski definition) is 2. The Morgan fingerprint density at radius 2 is 1.95 bits per heavy atom. The van der Waals surface area contributed by atoms with E-state index in [4.69, 9.17) is 0 Å². The maximum atomic E-state index is 12.9. The van der Waals surface area contributed by atoms with Gasteiger partial charge >= 0.3 is 6.18 Å². The van der Waals surface area contributed by atoms with Gasteiger partial charge in [-0.15, -0.1) is 11.3 Å². The van der Waals surface area contributed by atoms with Crippen molar-refractivity contribution in [3.8, 4) is 11.8 Å². The minimum absolute atomic E-state index is 0.127. The average molecular weight is 565 g/mol. The van der Waals surface area contributed by atoms with E-state index in [0.29, 0.717) is 34.8 Å². The van der Waals surface area contributed by atoms with Crippen LogP contribution < -0.4 is 5.32 Å². The summed E-state index contributed by atoms with van der Waals surface area (Å²) in [5.74, 6) is 0.779. The van der Waals surface area contributed by atoms with Crippen LogP contribution in [0.15, 0.2) is 54.4 Å². The number of phenols is 1. The van der Waals surface area contributed by atoms with Gasteiger partial charge in [-0.25, -0.2) is 9.97 Å². The fourth-order valence-corrected chi connectivity index (χ4v) is 6.54. The van der Waals surface area contributed by atoms with Crippen molar-refractivity contribution in [2.75, 3.05) is 18.4 Å². The zero-order valence-electron chi connectivity index (χ0n) is 21.6. The van der Waals surface area contributed by atoms with Crippen LogP contribution in [0.25, 0.3) is 21.1 Å². The van der Waals surface area contributed by atoms with E-state index in [-0.39, 0.29) is 16.7 Å². The first-order valence-electron chi connectivity index (χ1n) is 13.2. The van der Waals surface area contributed by atoms with Crippen molar-refractivity contribution in [3.05, 3.63) is 70.5 Å². The molecule has 1 aliphatic carbocycles. The number of halogens is 3. The maximum absolute atomic E-state index is 12.9. The van der Waals surface area contributed by atoms with Crippen molar-refractivity contribution in [1.29, 1.82) is 5.26 Å². The lowest BCUT2D eigenvalue weighted by molar-refractivity contribution is -0.126. The van der Waals surface area contributed by atoms with E-state index in [1.165, 1.54) is 12.4 Å². The lowest BCUT2D eigenvalue weighted by Gasteiger charge is -2.32. The van der Waals surface area contributed by atoms with Gasteiger partial charge in [0.15, 0.2) is 0 Å². The number of nitriles is 1. The molecule has 4 aromatic rings. The van der Waals surface area contributed by atoms with Gasteiger partial charge in [0, 0.05) is 54.1 Å². The third kappa shape index (κ3) is 5.55. The number of benzene rings is 1. The third-order valence-corrected chi connectivity index (χ3v) is 8.53. The molecule has 11 heteroatoms. The molecular weight excluding hydrogens is 537 g/mol. The van der Waals surface area contributed by atoms with Gasteiger partial charge in [-0.05, 0) is 43.0 Å². The highest BCUT2D eigenvalue weighted by Crippen LogP contribution is 2.34. The second-order valence-corrected chi connectivity index (χ2v) is 11.4. The molecule has 0 bridgehead atoms. The Morgan fingerprint density at radius 3 is 2.67 bits per heavy atom. The molecule has 40 heavy (non-hydrogen) atoms. The van der Waals surface area contributed by atoms with Crippen LogP contribution in [0.1, 0.15) is 35.4 Å². The molecule has 0 atom stereocenters. The molecule has 7 nitrogen and oxygen atoms in total. The quantitative estimate of drug-likeness (QED) is 0.274. The van der Waals surface area contributed by atoms with Crippen molar-refractivity contribution in [3.63, 3.8) is 0 Å². The number of thiophene rings is 1. The van der Waals surface area contributed by atoms with Crippen molar-refractivity contribution < 1.29 is 18.3 Å². The van der Waals surface area contributed by atoms with Gasteiger partial charge in [-0.3, -0.25) is 4.90 Å². The Bertz CT molecular complexity index is 1670. The molecule has 1 fully saturated rings. The molecule has 1 saturated heterocycles. The molecule has 1 aliphatic heterocycles. The summed E-state index contributed by atoms with van der Waals surface area (Å²) in [5, 5.41) is 25.5. The van der Waals surface area contributed by atoms with Gasteiger partial charge in [0.25, 0.3) is 0 Å². The number of rotatable bonds is 7. The van der Waals surface area contributed by atoms with Gasteiger partial charge in [-0.1, -0.05) is 18.2 Å². The van der Waals surface area contributed by atoms with Gasteiger partial charge in [0.1, 0.15) is 34.5 Å². The largest absolute Gasteiger partial charge is 0.508 e. The number of aromatic hydroxyl groups is 1. The lowest BCUT2D eigenvalue weighted by atomic mass is 10.0. The zero-order chi connectivity index (χ0) is 27.9. The molecule has 2 N–H and O–H groups in total. The number of fused-ring (bicyclic) bond motifs is 2. The second kappa shape index (κ2) is 10.6. The number of nitrogens with one attached hydrogen (secondary N) is 1. The maximum Gasteiger partial charge on any atom is 0.393 e. The van der Waals surface area contributed by atoms with E-state index < -0.39 is 12.6 Å². The number of alkyl halides is 3. The Kier molecular flexibility index (Phi) is 6.98. The van der Waals surface area contributed by atoms with E-state index in [1.807, 2.05) is 16.7 Å². The number of anilines is 1. The van der Waals surface area contributed by atoms with Gasteiger partial charge in [0.05, 0.1) is 17.3 Å². The van der Waals surface area contributed by atoms with Crippen LogP contribution in [0.2, 0.25) is 0 Å². The lowest BCUT2D eigenvalue weighted by Crippen LogP contribution is -2.38. The number of likely N-dealkylation sites (tertiary alicyclic amines) is 1. The Morgan fingerprint density at radius 1 is 1.12 bits per heavy atom. The fourth-order valence-electron chi connectivity index (χ4n) is 5.52. The molecule has 0 unspecified atom stereocenters. The molecule has 4 heterocycles. The number of allylic oxidation sites excluding steroid dienone is 4. The van der Waals surface area contributed by atoms with Crippen molar-refractivity contribution in [1.82, 2.24) is 19.4 Å². The number of phenolic OH excluding ortho intramolecular Hbond substituents is 1. The predicted molar refractivity (Wildman–Crippen MR) is 149 cm³/mol.